The number of ketones is 1. The maximum Gasteiger partial charge on any atom is 0.176 e. The van der Waals surface area contributed by atoms with Gasteiger partial charge in [-0.1, -0.05) is 13.8 Å². The van der Waals surface area contributed by atoms with Gasteiger partial charge in [0.25, 0.3) is 0 Å². The van der Waals surface area contributed by atoms with Crippen LogP contribution in [-0.2, 0) is 19.4 Å². The van der Waals surface area contributed by atoms with Crippen LogP contribution in [0.15, 0.2) is 6.07 Å². The van der Waals surface area contributed by atoms with E-state index in [0.717, 1.165) is 25.1 Å². The number of nitrogens with zero attached hydrogens (tertiary/aromatic N) is 1. The lowest BCUT2D eigenvalue weighted by molar-refractivity contribution is 0.100. The fraction of sp³-hybridized carbons (Fsp3) is 0.615. The Bertz CT molecular complexity index is 412. The lowest BCUT2D eigenvalue weighted by Gasteiger charge is -2.17. The molecule has 0 atom stereocenters. The van der Waals surface area contributed by atoms with Crippen molar-refractivity contribution in [1.82, 2.24) is 4.57 Å². The second-order valence-corrected chi connectivity index (χ2v) is 5.32. The van der Waals surface area contributed by atoms with Crippen LogP contribution in [0.1, 0.15) is 49.4 Å². The average Bonchev–Trinajstić information content (AvgIpc) is 2.55. The summed E-state index contributed by atoms with van der Waals surface area (Å²) in [7, 11) is 0. The van der Waals surface area contributed by atoms with Gasteiger partial charge < -0.3 is 4.57 Å². The Morgan fingerprint density at radius 2 is 2.13 bits per heavy atom. The van der Waals surface area contributed by atoms with Crippen molar-refractivity contribution >= 4 is 5.78 Å². The van der Waals surface area contributed by atoms with Crippen LogP contribution in [-0.4, -0.2) is 10.4 Å². The topological polar surface area (TPSA) is 22.0 Å². The van der Waals surface area contributed by atoms with Crippen LogP contribution >= 0.6 is 0 Å². The Morgan fingerprint density at radius 3 is 2.67 bits per heavy atom. The molecule has 0 spiro atoms. The zero-order chi connectivity index (χ0) is 11.2. The number of Topliss-reactive ketones (excluding diaryl/α,β-unsaturated/α-hetero) is 1. The van der Waals surface area contributed by atoms with E-state index in [4.69, 9.17) is 0 Å². The Morgan fingerprint density at radius 1 is 1.47 bits per heavy atom. The normalized spacial score (nSPS) is 17.9. The van der Waals surface area contributed by atoms with Crippen LogP contribution in [0.4, 0.5) is 0 Å². The lowest BCUT2D eigenvalue weighted by Crippen LogP contribution is -2.14. The maximum atomic E-state index is 11.5. The number of hydrogen-bond donors (Lipinski definition) is 0. The third-order valence-electron chi connectivity index (χ3n) is 3.29. The SMILES string of the molecule is CCn1c(C(C)=O)cc2c1CC(C)(C)C2. The van der Waals surface area contributed by atoms with Gasteiger partial charge in [-0.05, 0) is 36.8 Å². The van der Waals surface area contributed by atoms with Gasteiger partial charge in [0.1, 0.15) is 0 Å². The van der Waals surface area contributed by atoms with Crippen molar-refractivity contribution in [1.29, 1.82) is 0 Å². The van der Waals surface area contributed by atoms with Crippen molar-refractivity contribution in [2.24, 2.45) is 5.41 Å². The predicted molar refractivity (Wildman–Crippen MR) is 61.3 cm³/mol. The second-order valence-electron chi connectivity index (χ2n) is 5.32. The van der Waals surface area contributed by atoms with Crippen LogP contribution in [0.3, 0.4) is 0 Å². The fourth-order valence-corrected chi connectivity index (χ4v) is 2.69. The minimum atomic E-state index is 0.184. The van der Waals surface area contributed by atoms with E-state index < -0.39 is 0 Å². The lowest BCUT2D eigenvalue weighted by atomic mass is 9.90. The van der Waals surface area contributed by atoms with Crippen LogP contribution in [0.2, 0.25) is 0 Å². The molecule has 0 bridgehead atoms. The van der Waals surface area contributed by atoms with Crippen molar-refractivity contribution in [2.45, 2.75) is 47.1 Å². The highest BCUT2D eigenvalue weighted by molar-refractivity contribution is 5.93. The van der Waals surface area contributed by atoms with Gasteiger partial charge in [0, 0.05) is 19.2 Å². The third kappa shape index (κ3) is 1.62. The molecule has 0 radical (unpaired) electrons. The highest BCUT2D eigenvalue weighted by Gasteiger charge is 2.32. The van der Waals surface area contributed by atoms with Gasteiger partial charge in [0.15, 0.2) is 5.78 Å². The van der Waals surface area contributed by atoms with E-state index in [1.807, 2.05) is 0 Å². The molecule has 0 saturated heterocycles. The van der Waals surface area contributed by atoms with Crippen molar-refractivity contribution in [3.8, 4) is 0 Å². The summed E-state index contributed by atoms with van der Waals surface area (Å²) in [4.78, 5) is 11.5. The first-order chi connectivity index (χ1) is 6.94. The molecule has 1 aromatic heterocycles. The van der Waals surface area contributed by atoms with Crippen LogP contribution in [0, 0.1) is 5.41 Å². The molecule has 1 aliphatic rings. The van der Waals surface area contributed by atoms with E-state index >= 15 is 0 Å². The number of carbonyl (C=O) groups is 1. The fourth-order valence-electron chi connectivity index (χ4n) is 2.69. The van der Waals surface area contributed by atoms with Crippen molar-refractivity contribution < 1.29 is 4.79 Å². The van der Waals surface area contributed by atoms with Gasteiger partial charge in [-0.3, -0.25) is 4.79 Å². The van der Waals surface area contributed by atoms with Gasteiger partial charge in [0.05, 0.1) is 5.69 Å². The summed E-state index contributed by atoms with van der Waals surface area (Å²) in [6.45, 7) is 9.25. The minimum Gasteiger partial charge on any atom is -0.342 e. The molecule has 0 fully saturated rings. The third-order valence-corrected chi connectivity index (χ3v) is 3.29. The number of aromatic nitrogens is 1. The van der Waals surface area contributed by atoms with Gasteiger partial charge in [-0.2, -0.15) is 0 Å². The Hall–Kier alpha value is -1.05. The molecule has 0 unspecified atom stereocenters. The zero-order valence-electron chi connectivity index (χ0n) is 10.1. The van der Waals surface area contributed by atoms with E-state index in [9.17, 15) is 4.79 Å². The largest absolute Gasteiger partial charge is 0.342 e. The summed E-state index contributed by atoms with van der Waals surface area (Å²) in [5.74, 6) is 0.184. The first kappa shape index (κ1) is 10.5. The first-order valence-electron chi connectivity index (χ1n) is 5.67. The van der Waals surface area contributed by atoms with Gasteiger partial charge in [0.2, 0.25) is 0 Å². The van der Waals surface area contributed by atoms with Crippen LogP contribution in [0.25, 0.3) is 0 Å². The number of hydrogen-bond acceptors (Lipinski definition) is 1. The number of carbonyl (C=O) groups excluding carboxylic acids is 1. The van der Waals surface area contributed by atoms with Crippen molar-refractivity contribution in [3.05, 3.63) is 23.0 Å². The molecule has 0 amide bonds. The van der Waals surface area contributed by atoms with Gasteiger partial charge in [-0.15, -0.1) is 0 Å². The molecule has 2 heteroatoms. The van der Waals surface area contributed by atoms with E-state index in [1.54, 1.807) is 6.92 Å². The summed E-state index contributed by atoms with van der Waals surface area (Å²) in [5.41, 5.74) is 4.02. The van der Waals surface area contributed by atoms with Crippen molar-refractivity contribution in [3.63, 3.8) is 0 Å². The Labute approximate surface area is 91.3 Å². The second kappa shape index (κ2) is 3.22. The van der Waals surface area contributed by atoms with E-state index in [-0.39, 0.29) is 5.78 Å². The highest BCUT2D eigenvalue weighted by atomic mass is 16.1. The molecule has 1 aromatic rings. The smallest absolute Gasteiger partial charge is 0.176 e. The van der Waals surface area contributed by atoms with Gasteiger partial charge >= 0.3 is 0 Å². The molecule has 1 aliphatic carbocycles. The summed E-state index contributed by atoms with van der Waals surface area (Å²) >= 11 is 0. The molecule has 0 saturated carbocycles. The molecule has 0 aliphatic heterocycles. The van der Waals surface area contributed by atoms with Crippen molar-refractivity contribution in [2.75, 3.05) is 0 Å². The average molecular weight is 205 g/mol. The summed E-state index contributed by atoms with van der Waals surface area (Å²) in [5, 5.41) is 0. The molecule has 15 heavy (non-hydrogen) atoms. The van der Waals surface area contributed by atoms with Crippen LogP contribution in [0.5, 0.6) is 0 Å². The molecule has 2 rings (SSSR count). The van der Waals surface area contributed by atoms with E-state index in [0.29, 0.717) is 5.41 Å². The maximum absolute atomic E-state index is 11.5. The zero-order valence-corrected chi connectivity index (χ0v) is 10.1. The molecule has 1 heterocycles. The quantitative estimate of drug-likeness (QED) is 0.680. The Balaban J connectivity index is 2.49. The first-order valence-corrected chi connectivity index (χ1v) is 5.67. The standard InChI is InChI=1S/C13H19NO/c1-5-14-11(9(2)15)6-10-7-13(3,4)8-12(10)14/h6H,5,7-8H2,1-4H3. The summed E-state index contributed by atoms with van der Waals surface area (Å²) in [6, 6.07) is 2.09. The van der Waals surface area contributed by atoms with Gasteiger partial charge in [-0.25, -0.2) is 0 Å². The van der Waals surface area contributed by atoms with Crippen LogP contribution < -0.4 is 0 Å². The monoisotopic (exact) mass is 205 g/mol. The molecular weight excluding hydrogens is 186 g/mol. The summed E-state index contributed by atoms with van der Waals surface area (Å²) < 4.78 is 2.19. The minimum absolute atomic E-state index is 0.184. The molecule has 0 aromatic carbocycles. The number of rotatable bonds is 2. The Kier molecular flexibility index (Phi) is 2.25. The van der Waals surface area contributed by atoms with E-state index in [2.05, 4.69) is 31.4 Å². The van der Waals surface area contributed by atoms with E-state index in [1.165, 1.54) is 11.3 Å². The highest BCUT2D eigenvalue weighted by Crippen LogP contribution is 2.37. The molecular formula is C13H19NO. The number of fused-ring (bicyclic) bond motifs is 1. The molecule has 0 N–H and O–H groups in total. The predicted octanol–water partition coefficient (Wildman–Crippen LogP) is 2.84. The molecule has 82 valence electrons. The molecule has 2 nitrogen and oxygen atoms in total. The summed E-state index contributed by atoms with van der Waals surface area (Å²) in [6.07, 6.45) is 2.21.